The van der Waals surface area contributed by atoms with Gasteiger partial charge in [0.05, 0.1) is 11.1 Å². The van der Waals surface area contributed by atoms with Crippen molar-refractivity contribution in [3.05, 3.63) is 125 Å². The van der Waals surface area contributed by atoms with Crippen molar-refractivity contribution in [2.75, 3.05) is 6.79 Å². The van der Waals surface area contributed by atoms with Gasteiger partial charge in [-0.3, -0.25) is 9.59 Å². The fraction of sp³-hybridized carbons (Fsp3) is 0.250. The molecule has 43 heavy (non-hydrogen) atoms. The molecule has 4 rings (SSSR count). The fourth-order valence-electron chi connectivity index (χ4n) is 4.18. The summed E-state index contributed by atoms with van der Waals surface area (Å²) >= 11 is 0. The van der Waals surface area contributed by atoms with Crippen LogP contribution in [0.4, 0.5) is 0 Å². The summed E-state index contributed by atoms with van der Waals surface area (Å²) in [5, 5.41) is 20.9. The number of hydrogen-bond acceptors (Lipinski definition) is 6. The maximum absolute atomic E-state index is 12.9. The van der Waals surface area contributed by atoms with E-state index in [0.29, 0.717) is 22.6 Å². The summed E-state index contributed by atoms with van der Waals surface area (Å²) in [6, 6.07) is 19.9. The molecule has 0 bridgehead atoms. The number of phenols is 2. The van der Waals surface area contributed by atoms with E-state index < -0.39 is 0 Å². The average molecular weight is 623 g/mol. The quantitative estimate of drug-likeness (QED) is 0.116. The van der Waals surface area contributed by atoms with Crippen LogP contribution in [0, 0.1) is 35.1 Å². The molecule has 0 aromatic heterocycles. The molecule has 0 saturated carbocycles. The number of phenolic OH excluding ortho intramolecular Hbond substituents is 2. The zero-order valence-corrected chi connectivity index (χ0v) is 28.0. The minimum atomic E-state index is -0.274. The molecule has 2 N–H and O–H groups in total. The number of aryl methyl sites for hydroxylation is 4. The van der Waals surface area contributed by atoms with Crippen LogP contribution in [-0.4, -0.2) is 28.6 Å². The maximum atomic E-state index is 12.9. The van der Waals surface area contributed by atoms with Gasteiger partial charge in [0.1, 0.15) is 23.0 Å². The van der Waals surface area contributed by atoms with Gasteiger partial charge in [0, 0.05) is 41.8 Å². The van der Waals surface area contributed by atoms with Gasteiger partial charge in [-0.05, 0) is 63.1 Å². The SMILES string of the molecule is CC.CC.Cc1ccc(C(=O)c2ccc(OCOc3ccc(C(=O)c4ccc(C)cc4C)c(O)c3)cc2O)c(C)c1.[CH3-].[V]. The van der Waals surface area contributed by atoms with Crippen LogP contribution in [0.3, 0.4) is 0 Å². The summed E-state index contributed by atoms with van der Waals surface area (Å²) < 4.78 is 11.1. The third-order valence-corrected chi connectivity index (χ3v) is 6.13. The van der Waals surface area contributed by atoms with Crippen molar-refractivity contribution < 1.29 is 47.8 Å². The van der Waals surface area contributed by atoms with Gasteiger partial charge >= 0.3 is 0 Å². The van der Waals surface area contributed by atoms with Crippen LogP contribution in [0.5, 0.6) is 23.0 Å². The number of carbonyl (C=O) groups is 2. The number of carbonyl (C=O) groups excluding carboxylic acids is 2. The Morgan fingerprint density at radius 3 is 1.19 bits per heavy atom. The van der Waals surface area contributed by atoms with Crippen molar-refractivity contribution in [1.29, 1.82) is 0 Å². The van der Waals surface area contributed by atoms with E-state index in [4.69, 9.17) is 9.47 Å². The largest absolute Gasteiger partial charge is 0.507 e. The Labute approximate surface area is 268 Å². The van der Waals surface area contributed by atoms with E-state index in [1.165, 1.54) is 24.3 Å². The Morgan fingerprint density at radius 1 is 0.558 bits per heavy atom. The van der Waals surface area contributed by atoms with Crippen molar-refractivity contribution in [3.63, 3.8) is 0 Å². The first kappa shape index (κ1) is 39.0. The first-order valence-corrected chi connectivity index (χ1v) is 13.8. The van der Waals surface area contributed by atoms with E-state index >= 15 is 0 Å². The Morgan fingerprint density at radius 2 is 0.884 bits per heavy atom. The summed E-state index contributed by atoms with van der Waals surface area (Å²) in [5.74, 6) is -0.336. The summed E-state index contributed by atoms with van der Waals surface area (Å²) in [6.45, 7) is 15.4. The molecule has 1 radical (unpaired) electrons. The Bertz CT molecular complexity index is 1400. The van der Waals surface area contributed by atoms with Crippen molar-refractivity contribution in [3.8, 4) is 23.0 Å². The van der Waals surface area contributed by atoms with Crippen LogP contribution in [-0.2, 0) is 18.6 Å². The fourth-order valence-corrected chi connectivity index (χ4v) is 4.18. The third-order valence-electron chi connectivity index (χ3n) is 6.13. The van der Waals surface area contributed by atoms with E-state index in [9.17, 15) is 19.8 Å². The minimum Gasteiger partial charge on any atom is -0.507 e. The van der Waals surface area contributed by atoms with E-state index in [0.717, 1.165) is 22.3 Å². The molecule has 0 atom stereocenters. The minimum absolute atomic E-state index is 0. The second-order valence-corrected chi connectivity index (χ2v) is 9.06. The Hall–Kier alpha value is -4.00. The molecule has 0 aliphatic heterocycles. The van der Waals surface area contributed by atoms with E-state index in [2.05, 4.69) is 0 Å². The molecule has 0 fully saturated rings. The van der Waals surface area contributed by atoms with Gasteiger partial charge < -0.3 is 27.1 Å². The number of benzene rings is 4. The van der Waals surface area contributed by atoms with Crippen LogP contribution in [0.1, 0.15) is 81.8 Å². The summed E-state index contributed by atoms with van der Waals surface area (Å²) in [7, 11) is 0. The predicted octanol–water partition coefficient (Wildman–Crippen LogP) is 8.71. The van der Waals surface area contributed by atoms with E-state index in [1.807, 2.05) is 79.7 Å². The predicted molar refractivity (Wildman–Crippen MR) is 170 cm³/mol. The molecular weight excluding hydrogens is 579 g/mol. The molecule has 229 valence electrons. The standard InChI is InChI=1S/C31H28O6.2C2H6.CH3.V/c1-18-5-9-24(20(3)13-18)30(34)26-11-7-22(15-28(26)32)36-17-37-23-8-12-27(29(33)16-23)31(35)25-10-6-19(2)14-21(25)4;2*1-2;;/h5-16,32-33H,17H2,1-4H3;2*1-2H3;1H3;/q;;;-1;. The molecule has 0 saturated heterocycles. The summed E-state index contributed by atoms with van der Waals surface area (Å²) in [6.07, 6.45) is 0. The van der Waals surface area contributed by atoms with Crippen LogP contribution < -0.4 is 9.47 Å². The monoisotopic (exact) mass is 622 g/mol. The van der Waals surface area contributed by atoms with Crippen LogP contribution in [0.15, 0.2) is 72.8 Å². The molecule has 6 nitrogen and oxygen atoms in total. The van der Waals surface area contributed by atoms with Crippen molar-refractivity contribution >= 4 is 11.6 Å². The number of hydrogen-bond donors (Lipinski definition) is 2. The van der Waals surface area contributed by atoms with Crippen molar-refractivity contribution in [1.82, 2.24) is 0 Å². The zero-order valence-electron chi connectivity index (χ0n) is 26.6. The van der Waals surface area contributed by atoms with Gasteiger partial charge in [-0.1, -0.05) is 75.2 Å². The molecule has 0 unspecified atom stereocenters. The first-order chi connectivity index (χ1) is 19.6. The number of aromatic hydroxyl groups is 2. The van der Waals surface area contributed by atoms with Gasteiger partial charge in [-0.25, -0.2) is 0 Å². The van der Waals surface area contributed by atoms with Gasteiger partial charge in [0.25, 0.3) is 0 Å². The molecule has 4 aromatic rings. The molecular formula is C36H43O6V-. The third kappa shape index (κ3) is 10.1. The molecule has 0 heterocycles. The summed E-state index contributed by atoms with van der Waals surface area (Å²) in [4.78, 5) is 25.7. The number of ether oxygens (including phenoxy) is 2. The Balaban J connectivity index is 0.00000282. The Kier molecular flexibility index (Phi) is 16.8. The molecule has 4 aromatic carbocycles. The second kappa shape index (κ2) is 18.5. The van der Waals surface area contributed by atoms with Gasteiger partial charge in [0.2, 0.25) is 6.79 Å². The normalized spacial score (nSPS) is 9.49. The number of rotatable bonds is 8. The molecule has 7 heteroatoms. The van der Waals surface area contributed by atoms with Gasteiger partial charge in [-0.2, -0.15) is 0 Å². The van der Waals surface area contributed by atoms with Gasteiger partial charge in [0.15, 0.2) is 11.6 Å². The van der Waals surface area contributed by atoms with Crippen LogP contribution >= 0.6 is 0 Å². The molecule has 0 spiro atoms. The second-order valence-electron chi connectivity index (χ2n) is 9.06. The van der Waals surface area contributed by atoms with Gasteiger partial charge in [-0.15, -0.1) is 0 Å². The van der Waals surface area contributed by atoms with E-state index in [-0.39, 0.29) is 67.0 Å². The van der Waals surface area contributed by atoms with Crippen molar-refractivity contribution in [2.24, 2.45) is 0 Å². The maximum Gasteiger partial charge on any atom is 0.230 e. The zero-order chi connectivity index (χ0) is 30.7. The number of ketones is 2. The first-order valence-electron chi connectivity index (χ1n) is 13.8. The summed E-state index contributed by atoms with van der Waals surface area (Å²) in [5.41, 5.74) is 5.18. The molecule has 0 aliphatic carbocycles. The van der Waals surface area contributed by atoms with E-state index in [1.54, 1.807) is 24.3 Å². The average Bonchev–Trinajstić information content (AvgIpc) is 2.95. The van der Waals surface area contributed by atoms with Crippen molar-refractivity contribution in [2.45, 2.75) is 55.4 Å². The smallest absolute Gasteiger partial charge is 0.230 e. The van der Waals surface area contributed by atoms with Crippen LogP contribution in [0.2, 0.25) is 0 Å². The topological polar surface area (TPSA) is 93.1 Å². The molecule has 0 aliphatic rings. The molecule has 0 amide bonds. The van der Waals surface area contributed by atoms with Crippen LogP contribution in [0.25, 0.3) is 0 Å².